The van der Waals surface area contributed by atoms with Crippen molar-refractivity contribution in [1.82, 2.24) is 14.8 Å². The number of methoxy groups -OCH3 is 1. The Balaban J connectivity index is 2.01. The van der Waals surface area contributed by atoms with Gasteiger partial charge in [-0.1, -0.05) is 38.5 Å². The normalized spacial score (nSPS) is 21.3. The van der Waals surface area contributed by atoms with Crippen LogP contribution in [-0.4, -0.2) is 27.6 Å². The maximum Gasteiger partial charge on any atom is 0.191 e. The average molecular weight is 331 g/mol. The van der Waals surface area contributed by atoms with Crippen molar-refractivity contribution in [3.05, 3.63) is 24.3 Å². The van der Waals surface area contributed by atoms with Crippen LogP contribution >= 0.6 is 11.8 Å². The van der Waals surface area contributed by atoms with Gasteiger partial charge in [-0.3, -0.25) is 4.57 Å². The predicted octanol–water partition coefficient (Wildman–Crippen LogP) is 4.82. The van der Waals surface area contributed by atoms with E-state index < -0.39 is 0 Å². The molecule has 3 rings (SSSR count). The lowest BCUT2D eigenvalue weighted by Crippen LogP contribution is -2.22. The largest absolute Gasteiger partial charge is 0.497 e. The Kier molecular flexibility index (Phi) is 5.26. The molecule has 1 fully saturated rings. The zero-order chi connectivity index (χ0) is 16.2. The van der Waals surface area contributed by atoms with Crippen molar-refractivity contribution in [2.75, 3.05) is 12.9 Å². The molecule has 2 atom stereocenters. The fourth-order valence-electron chi connectivity index (χ4n) is 3.42. The lowest BCUT2D eigenvalue weighted by atomic mass is 9.85. The monoisotopic (exact) mass is 331 g/mol. The molecule has 1 aliphatic rings. The van der Waals surface area contributed by atoms with E-state index in [1.165, 1.54) is 25.7 Å². The van der Waals surface area contributed by atoms with Crippen LogP contribution in [-0.2, 0) is 0 Å². The number of thioether (sulfide) groups is 1. The van der Waals surface area contributed by atoms with Gasteiger partial charge in [-0.2, -0.15) is 0 Å². The van der Waals surface area contributed by atoms with Crippen LogP contribution < -0.4 is 4.74 Å². The van der Waals surface area contributed by atoms with Gasteiger partial charge in [0, 0.05) is 11.6 Å². The van der Waals surface area contributed by atoms with Gasteiger partial charge in [0.05, 0.1) is 7.11 Å². The van der Waals surface area contributed by atoms with E-state index in [4.69, 9.17) is 4.74 Å². The lowest BCUT2D eigenvalue weighted by Gasteiger charge is -2.31. The highest BCUT2D eigenvalue weighted by molar-refractivity contribution is 7.99. The number of hydrogen-bond donors (Lipinski definition) is 0. The molecule has 0 bridgehead atoms. The standard InChI is InChI=1S/C18H25N3OS/c1-4-23-18-20-19-17(14-9-11-15(22-3)12-10-14)21(18)16-8-6-5-7-13(16)2/h9-13,16H,4-8H2,1-3H3/t13-,16-/m0/s1. The fraction of sp³-hybridized carbons (Fsp3) is 0.556. The van der Waals surface area contributed by atoms with Gasteiger partial charge in [-0.25, -0.2) is 0 Å². The number of benzene rings is 1. The van der Waals surface area contributed by atoms with Gasteiger partial charge in [0.25, 0.3) is 0 Å². The van der Waals surface area contributed by atoms with E-state index in [0.717, 1.165) is 28.0 Å². The maximum atomic E-state index is 5.27. The quantitative estimate of drug-likeness (QED) is 0.737. The van der Waals surface area contributed by atoms with E-state index in [-0.39, 0.29) is 0 Å². The summed E-state index contributed by atoms with van der Waals surface area (Å²) in [5, 5.41) is 10.1. The minimum atomic E-state index is 0.505. The predicted molar refractivity (Wildman–Crippen MR) is 95.1 cm³/mol. The van der Waals surface area contributed by atoms with Gasteiger partial charge in [0.1, 0.15) is 5.75 Å². The van der Waals surface area contributed by atoms with Gasteiger partial charge < -0.3 is 4.74 Å². The Morgan fingerprint density at radius 3 is 2.57 bits per heavy atom. The first-order chi connectivity index (χ1) is 11.2. The van der Waals surface area contributed by atoms with Crippen LogP contribution in [0.4, 0.5) is 0 Å². The van der Waals surface area contributed by atoms with Gasteiger partial charge >= 0.3 is 0 Å². The minimum Gasteiger partial charge on any atom is -0.497 e. The summed E-state index contributed by atoms with van der Waals surface area (Å²) in [7, 11) is 1.69. The first kappa shape index (κ1) is 16.4. The number of hydrogen-bond acceptors (Lipinski definition) is 4. The van der Waals surface area contributed by atoms with E-state index in [0.29, 0.717) is 12.0 Å². The van der Waals surface area contributed by atoms with E-state index in [2.05, 4.69) is 40.7 Å². The second kappa shape index (κ2) is 7.39. The van der Waals surface area contributed by atoms with Crippen LogP contribution in [0.25, 0.3) is 11.4 Å². The molecule has 0 aliphatic heterocycles. The number of aromatic nitrogens is 3. The Labute approximate surface area is 142 Å². The first-order valence-electron chi connectivity index (χ1n) is 8.46. The minimum absolute atomic E-state index is 0.505. The van der Waals surface area contributed by atoms with E-state index in [1.54, 1.807) is 18.9 Å². The molecule has 1 aromatic carbocycles. The molecule has 1 heterocycles. The molecule has 124 valence electrons. The van der Waals surface area contributed by atoms with Crippen molar-refractivity contribution >= 4 is 11.8 Å². The fourth-order valence-corrected chi connectivity index (χ4v) is 4.14. The Hall–Kier alpha value is -1.49. The highest BCUT2D eigenvalue weighted by Crippen LogP contribution is 2.39. The van der Waals surface area contributed by atoms with Crippen LogP contribution in [0.1, 0.15) is 45.6 Å². The molecule has 1 aliphatic carbocycles. The molecule has 0 N–H and O–H groups in total. The van der Waals surface area contributed by atoms with Crippen molar-refractivity contribution in [1.29, 1.82) is 0 Å². The molecule has 1 aromatic heterocycles. The molecule has 5 heteroatoms. The molecule has 1 saturated carbocycles. The maximum absolute atomic E-state index is 5.27. The van der Waals surface area contributed by atoms with Crippen LogP contribution in [0.5, 0.6) is 5.75 Å². The van der Waals surface area contributed by atoms with Gasteiger partial charge in [0.2, 0.25) is 0 Å². The topological polar surface area (TPSA) is 39.9 Å². The molecule has 0 radical (unpaired) electrons. The van der Waals surface area contributed by atoms with Crippen molar-refractivity contribution < 1.29 is 4.74 Å². The second-order valence-electron chi connectivity index (χ2n) is 6.17. The molecular formula is C18H25N3OS. The molecule has 0 amide bonds. The highest BCUT2D eigenvalue weighted by Gasteiger charge is 2.28. The number of nitrogens with zero attached hydrogens (tertiary/aromatic N) is 3. The summed E-state index contributed by atoms with van der Waals surface area (Å²) in [5.74, 6) is 3.55. The summed E-state index contributed by atoms with van der Waals surface area (Å²) in [6.45, 7) is 4.53. The Morgan fingerprint density at radius 2 is 1.91 bits per heavy atom. The summed E-state index contributed by atoms with van der Waals surface area (Å²) in [6.07, 6.45) is 5.15. The van der Waals surface area contributed by atoms with Crippen molar-refractivity contribution in [3.63, 3.8) is 0 Å². The smallest absolute Gasteiger partial charge is 0.191 e. The molecule has 23 heavy (non-hydrogen) atoms. The second-order valence-corrected chi connectivity index (χ2v) is 7.40. The Morgan fingerprint density at radius 1 is 1.17 bits per heavy atom. The lowest BCUT2D eigenvalue weighted by molar-refractivity contribution is 0.247. The first-order valence-corrected chi connectivity index (χ1v) is 9.45. The van der Waals surface area contributed by atoms with Crippen molar-refractivity contribution in [2.45, 2.75) is 50.7 Å². The van der Waals surface area contributed by atoms with Gasteiger partial charge in [-0.05, 0) is 48.8 Å². The van der Waals surface area contributed by atoms with E-state index >= 15 is 0 Å². The molecule has 0 spiro atoms. The molecule has 0 unspecified atom stereocenters. The Bertz CT molecular complexity index is 638. The van der Waals surface area contributed by atoms with Crippen LogP contribution in [0.3, 0.4) is 0 Å². The molecule has 2 aromatic rings. The summed E-state index contributed by atoms with van der Waals surface area (Å²) in [6, 6.07) is 8.64. The van der Waals surface area contributed by atoms with Crippen LogP contribution in [0, 0.1) is 5.92 Å². The van der Waals surface area contributed by atoms with Crippen molar-refractivity contribution in [3.8, 4) is 17.1 Å². The van der Waals surface area contributed by atoms with E-state index in [9.17, 15) is 0 Å². The van der Waals surface area contributed by atoms with Crippen molar-refractivity contribution in [2.24, 2.45) is 5.92 Å². The van der Waals surface area contributed by atoms with Gasteiger partial charge in [0.15, 0.2) is 11.0 Å². The third-order valence-electron chi connectivity index (χ3n) is 4.68. The third kappa shape index (κ3) is 3.39. The molecule has 4 nitrogen and oxygen atoms in total. The van der Waals surface area contributed by atoms with Crippen LogP contribution in [0.2, 0.25) is 0 Å². The van der Waals surface area contributed by atoms with Crippen LogP contribution in [0.15, 0.2) is 29.4 Å². The van der Waals surface area contributed by atoms with Gasteiger partial charge in [-0.15, -0.1) is 10.2 Å². The summed E-state index contributed by atoms with van der Waals surface area (Å²) < 4.78 is 7.65. The molecular weight excluding hydrogens is 306 g/mol. The summed E-state index contributed by atoms with van der Waals surface area (Å²) >= 11 is 1.79. The summed E-state index contributed by atoms with van der Waals surface area (Å²) in [5.41, 5.74) is 1.11. The number of rotatable bonds is 5. The average Bonchev–Trinajstić information content (AvgIpc) is 2.99. The zero-order valence-electron chi connectivity index (χ0n) is 14.2. The SMILES string of the molecule is CCSc1nnc(-c2ccc(OC)cc2)n1[C@H]1CCCC[C@@H]1C. The third-order valence-corrected chi connectivity index (χ3v) is 5.51. The zero-order valence-corrected chi connectivity index (χ0v) is 15.0. The summed E-state index contributed by atoms with van der Waals surface area (Å²) in [4.78, 5) is 0. The number of ether oxygens (including phenoxy) is 1. The molecule has 0 saturated heterocycles. The van der Waals surface area contributed by atoms with E-state index in [1.807, 2.05) is 12.1 Å². The highest BCUT2D eigenvalue weighted by atomic mass is 32.2.